The lowest BCUT2D eigenvalue weighted by Gasteiger charge is -2.54. The van der Waals surface area contributed by atoms with Crippen molar-refractivity contribution in [1.82, 2.24) is 0 Å². The molecule has 0 saturated heterocycles. The average Bonchev–Trinajstić information content (AvgIpc) is 2.75. The van der Waals surface area contributed by atoms with Crippen molar-refractivity contribution in [2.45, 2.75) is 89.4 Å². The number of benzene rings is 2. The standard InChI is InChI=1S/C27H38O2Si/c1-26(2,3)30(22-14-6-4-7-15-22,23-16-8-5-9-17-23)29-25-19-11-13-21-27(25)20-12-10-18-24(27)28/h4-9,14-17,24-25,28H,10-13,18-21H2,1-3H3/t24-,25-,27-/m1/s1. The quantitative estimate of drug-likeness (QED) is 0.666. The molecular formula is C27H38O2Si. The van der Waals surface area contributed by atoms with E-state index in [0.717, 1.165) is 32.1 Å². The van der Waals surface area contributed by atoms with Gasteiger partial charge in [0, 0.05) is 5.41 Å². The van der Waals surface area contributed by atoms with Gasteiger partial charge in [0.2, 0.25) is 0 Å². The molecule has 1 N–H and O–H groups in total. The van der Waals surface area contributed by atoms with Crippen molar-refractivity contribution in [3.05, 3.63) is 60.7 Å². The number of hydrogen-bond acceptors (Lipinski definition) is 2. The first-order valence-electron chi connectivity index (χ1n) is 11.9. The van der Waals surface area contributed by atoms with E-state index in [4.69, 9.17) is 4.43 Å². The van der Waals surface area contributed by atoms with E-state index in [0.29, 0.717) is 0 Å². The van der Waals surface area contributed by atoms with Crippen LogP contribution in [-0.4, -0.2) is 25.6 Å². The molecule has 2 aromatic rings. The molecule has 2 saturated carbocycles. The van der Waals surface area contributed by atoms with Crippen molar-refractivity contribution in [2.24, 2.45) is 5.41 Å². The van der Waals surface area contributed by atoms with E-state index in [2.05, 4.69) is 81.4 Å². The first kappa shape index (κ1) is 21.8. The fourth-order valence-corrected chi connectivity index (χ4v) is 11.0. The molecule has 162 valence electrons. The van der Waals surface area contributed by atoms with Crippen molar-refractivity contribution < 1.29 is 9.53 Å². The maximum atomic E-state index is 11.2. The van der Waals surface area contributed by atoms with Crippen LogP contribution in [0.1, 0.15) is 72.1 Å². The Kier molecular flexibility index (Phi) is 6.25. The van der Waals surface area contributed by atoms with Gasteiger partial charge in [0.25, 0.3) is 8.32 Å². The van der Waals surface area contributed by atoms with Gasteiger partial charge in [-0.3, -0.25) is 0 Å². The Balaban J connectivity index is 1.86. The molecule has 30 heavy (non-hydrogen) atoms. The van der Waals surface area contributed by atoms with E-state index >= 15 is 0 Å². The number of aliphatic hydroxyl groups excluding tert-OH is 1. The van der Waals surface area contributed by atoms with Gasteiger partial charge < -0.3 is 9.53 Å². The molecule has 0 aromatic heterocycles. The summed E-state index contributed by atoms with van der Waals surface area (Å²) in [6.07, 6.45) is 8.92. The third-order valence-electron chi connectivity index (χ3n) is 7.77. The first-order chi connectivity index (χ1) is 14.4. The van der Waals surface area contributed by atoms with Gasteiger partial charge in [-0.15, -0.1) is 0 Å². The molecule has 1 spiro atoms. The van der Waals surface area contributed by atoms with E-state index in [-0.39, 0.29) is 22.7 Å². The van der Waals surface area contributed by atoms with Crippen LogP contribution in [0, 0.1) is 5.41 Å². The fraction of sp³-hybridized carbons (Fsp3) is 0.556. The fourth-order valence-electron chi connectivity index (χ4n) is 6.23. The van der Waals surface area contributed by atoms with Gasteiger partial charge in [0.15, 0.2) is 0 Å². The normalized spacial score (nSPS) is 27.9. The first-order valence-corrected chi connectivity index (χ1v) is 13.8. The lowest BCUT2D eigenvalue weighted by atomic mass is 9.62. The highest BCUT2D eigenvalue weighted by atomic mass is 28.4. The summed E-state index contributed by atoms with van der Waals surface area (Å²) in [6, 6.07) is 21.9. The average molecular weight is 423 g/mol. The van der Waals surface area contributed by atoms with Crippen LogP contribution in [0.3, 0.4) is 0 Å². The monoisotopic (exact) mass is 422 g/mol. The lowest BCUT2D eigenvalue weighted by molar-refractivity contribution is -0.109. The van der Waals surface area contributed by atoms with Gasteiger partial charge >= 0.3 is 0 Å². The van der Waals surface area contributed by atoms with E-state index in [1.165, 1.54) is 29.6 Å². The smallest absolute Gasteiger partial charge is 0.261 e. The summed E-state index contributed by atoms with van der Waals surface area (Å²) in [5.74, 6) is 0. The zero-order chi connectivity index (χ0) is 21.2. The molecule has 3 atom stereocenters. The number of aliphatic hydroxyl groups is 1. The predicted octanol–water partition coefficient (Wildman–Crippen LogP) is 5.43. The molecule has 0 aliphatic heterocycles. The Morgan fingerprint density at radius 2 is 1.30 bits per heavy atom. The number of rotatable bonds is 4. The van der Waals surface area contributed by atoms with Gasteiger partial charge in [-0.1, -0.05) is 107 Å². The summed E-state index contributed by atoms with van der Waals surface area (Å²) in [5, 5.41) is 13.9. The minimum absolute atomic E-state index is 0.0199. The second kappa shape index (κ2) is 8.61. The van der Waals surface area contributed by atoms with E-state index in [9.17, 15) is 5.11 Å². The molecule has 0 unspecified atom stereocenters. The summed E-state index contributed by atoms with van der Waals surface area (Å²) < 4.78 is 7.56. The minimum atomic E-state index is -2.59. The predicted molar refractivity (Wildman–Crippen MR) is 128 cm³/mol. The van der Waals surface area contributed by atoms with Crippen molar-refractivity contribution in [2.75, 3.05) is 0 Å². The lowest BCUT2D eigenvalue weighted by Crippen LogP contribution is -2.69. The highest BCUT2D eigenvalue weighted by Gasteiger charge is 2.56. The van der Waals surface area contributed by atoms with Gasteiger partial charge in [-0.2, -0.15) is 0 Å². The highest BCUT2D eigenvalue weighted by molar-refractivity contribution is 6.99. The molecule has 2 fully saturated rings. The van der Waals surface area contributed by atoms with Gasteiger partial charge in [0.05, 0.1) is 12.2 Å². The van der Waals surface area contributed by atoms with Crippen molar-refractivity contribution in [3.8, 4) is 0 Å². The molecule has 0 radical (unpaired) electrons. The van der Waals surface area contributed by atoms with Crippen molar-refractivity contribution >= 4 is 18.7 Å². The zero-order valence-corrected chi connectivity index (χ0v) is 19.9. The Labute approximate surface area is 183 Å². The van der Waals surface area contributed by atoms with Crippen molar-refractivity contribution in [1.29, 1.82) is 0 Å². The Hall–Kier alpha value is -1.42. The largest absolute Gasteiger partial charge is 0.404 e. The van der Waals surface area contributed by atoms with Crippen LogP contribution in [-0.2, 0) is 4.43 Å². The van der Waals surface area contributed by atoms with E-state index in [1.807, 2.05) is 0 Å². The Bertz CT molecular complexity index is 768. The zero-order valence-electron chi connectivity index (χ0n) is 18.9. The maximum Gasteiger partial charge on any atom is 0.261 e. The maximum absolute atomic E-state index is 11.2. The van der Waals surface area contributed by atoms with Crippen LogP contribution in [0.2, 0.25) is 5.04 Å². The van der Waals surface area contributed by atoms with Crippen LogP contribution >= 0.6 is 0 Å². The van der Waals surface area contributed by atoms with E-state index < -0.39 is 8.32 Å². The SMILES string of the molecule is CC(C)(C)[Si](O[C@@H]1CCCC[C@@]12CCCC[C@H]2O)(c1ccccc1)c1ccccc1. The topological polar surface area (TPSA) is 29.5 Å². The second-order valence-corrected chi connectivity index (χ2v) is 14.8. The molecule has 2 aliphatic carbocycles. The summed E-state index contributed by atoms with van der Waals surface area (Å²) in [5.41, 5.74) is -0.0659. The Morgan fingerprint density at radius 1 is 0.800 bits per heavy atom. The third kappa shape index (κ3) is 3.70. The molecule has 2 aliphatic rings. The molecular weight excluding hydrogens is 384 g/mol. The van der Waals surface area contributed by atoms with Crippen LogP contribution in [0.5, 0.6) is 0 Å². The third-order valence-corrected chi connectivity index (χ3v) is 12.8. The highest BCUT2D eigenvalue weighted by Crippen LogP contribution is 2.51. The molecule has 3 heteroatoms. The molecule has 4 rings (SSSR count). The second-order valence-electron chi connectivity index (χ2n) is 10.5. The van der Waals surface area contributed by atoms with Crippen LogP contribution in [0.25, 0.3) is 0 Å². The summed E-state index contributed by atoms with van der Waals surface area (Å²) in [6.45, 7) is 7.06. The van der Waals surface area contributed by atoms with Gasteiger partial charge in [-0.05, 0) is 41.1 Å². The molecule has 0 amide bonds. The minimum Gasteiger partial charge on any atom is -0.404 e. The molecule has 2 aromatic carbocycles. The van der Waals surface area contributed by atoms with Crippen molar-refractivity contribution in [3.63, 3.8) is 0 Å². The summed E-state index contributed by atoms with van der Waals surface area (Å²) in [4.78, 5) is 0. The van der Waals surface area contributed by atoms with Crippen LogP contribution < -0.4 is 10.4 Å². The van der Waals surface area contributed by atoms with E-state index in [1.54, 1.807) is 0 Å². The molecule has 0 bridgehead atoms. The Morgan fingerprint density at radius 3 is 1.80 bits per heavy atom. The van der Waals surface area contributed by atoms with Crippen LogP contribution in [0.15, 0.2) is 60.7 Å². The summed E-state index contributed by atoms with van der Waals surface area (Å²) >= 11 is 0. The molecule has 0 heterocycles. The summed E-state index contributed by atoms with van der Waals surface area (Å²) in [7, 11) is -2.59. The molecule has 2 nitrogen and oxygen atoms in total. The number of hydrogen-bond donors (Lipinski definition) is 1. The van der Waals surface area contributed by atoms with Crippen LogP contribution in [0.4, 0.5) is 0 Å². The van der Waals surface area contributed by atoms with Gasteiger partial charge in [-0.25, -0.2) is 0 Å². The van der Waals surface area contributed by atoms with Gasteiger partial charge in [0.1, 0.15) is 0 Å².